The summed E-state index contributed by atoms with van der Waals surface area (Å²) in [6.45, 7) is 3.90. The minimum absolute atomic E-state index is 0.0153. The first kappa shape index (κ1) is 14.1. The van der Waals surface area contributed by atoms with Crippen molar-refractivity contribution in [3.8, 4) is 0 Å². The van der Waals surface area contributed by atoms with E-state index in [9.17, 15) is 9.90 Å². The van der Waals surface area contributed by atoms with Crippen LogP contribution in [0.1, 0.15) is 32.3 Å². The molecule has 19 heavy (non-hydrogen) atoms. The zero-order valence-corrected chi connectivity index (χ0v) is 11.7. The molecule has 0 heterocycles. The van der Waals surface area contributed by atoms with Gasteiger partial charge in [0.25, 0.3) is 0 Å². The van der Waals surface area contributed by atoms with Gasteiger partial charge in [-0.05, 0) is 37.7 Å². The lowest BCUT2D eigenvalue weighted by molar-refractivity contribution is -0.127. The van der Waals surface area contributed by atoms with Crippen molar-refractivity contribution >= 4 is 5.91 Å². The lowest BCUT2D eigenvalue weighted by Crippen LogP contribution is -2.52. The fourth-order valence-corrected chi connectivity index (χ4v) is 2.46. The van der Waals surface area contributed by atoms with E-state index in [0.717, 1.165) is 19.3 Å². The summed E-state index contributed by atoms with van der Waals surface area (Å²) < 4.78 is 0. The van der Waals surface area contributed by atoms with Crippen molar-refractivity contribution in [1.82, 2.24) is 5.32 Å². The maximum Gasteiger partial charge on any atom is 0.223 e. The predicted octanol–water partition coefficient (Wildman–Crippen LogP) is 2.14. The van der Waals surface area contributed by atoms with E-state index in [1.807, 2.05) is 44.2 Å². The first-order valence-electron chi connectivity index (χ1n) is 7.02. The number of carbonyl (C=O) groups excluding carboxylic acids is 1. The molecule has 1 aromatic rings. The van der Waals surface area contributed by atoms with Crippen molar-refractivity contribution in [3.63, 3.8) is 0 Å². The number of hydrogen-bond acceptors (Lipinski definition) is 2. The third-order valence-corrected chi connectivity index (χ3v) is 4.05. The summed E-state index contributed by atoms with van der Waals surface area (Å²) in [5.41, 5.74) is 0.726. The van der Waals surface area contributed by atoms with Crippen LogP contribution in [-0.2, 0) is 11.2 Å². The molecule has 1 amide bonds. The Morgan fingerprint density at radius 3 is 2.58 bits per heavy atom. The number of nitrogens with one attached hydrogen (secondary N) is 1. The number of aliphatic hydroxyl groups is 1. The van der Waals surface area contributed by atoms with E-state index in [0.29, 0.717) is 5.92 Å². The quantitative estimate of drug-likeness (QED) is 0.824. The molecule has 0 aliphatic heterocycles. The molecule has 1 aliphatic rings. The van der Waals surface area contributed by atoms with Crippen molar-refractivity contribution < 1.29 is 9.90 Å². The average Bonchev–Trinajstić information content (AvgIpc) is 3.24. The number of hydrogen-bond donors (Lipinski definition) is 2. The third-order valence-electron chi connectivity index (χ3n) is 4.05. The van der Waals surface area contributed by atoms with Gasteiger partial charge in [-0.3, -0.25) is 4.79 Å². The Hall–Kier alpha value is -1.35. The fraction of sp³-hybridized carbons (Fsp3) is 0.562. The molecule has 0 spiro atoms. The second-order valence-corrected chi connectivity index (χ2v) is 5.93. The number of benzene rings is 1. The Morgan fingerprint density at radius 2 is 2.05 bits per heavy atom. The first-order chi connectivity index (χ1) is 9.05. The van der Waals surface area contributed by atoms with Crippen molar-refractivity contribution in [1.29, 1.82) is 0 Å². The van der Waals surface area contributed by atoms with Crippen LogP contribution in [0.3, 0.4) is 0 Å². The van der Waals surface area contributed by atoms with Gasteiger partial charge in [0.05, 0.1) is 12.1 Å². The van der Waals surface area contributed by atoms with Gasteiger partial charge >= 0.3 is 0 Å². The van der Waals surface area contributed by atoms with Crippen LogP contribution in [-0.4, -0.2) is 23.2 Å². The van der Waals surface area contributed by atoms with Gasteiger partial charge in [0.2, 0.25) is 5.91 Å². The lowest BCUT2D eigenvalue weighted by atomic mass is 9.94. The maximum atomic E-state index is 12.2. The van der Waals surface area contributed by atoms with Crippen LogP contribution in [0.5, 0.6) is 0 Å². The van der Waals surface area contributed by atoms with Crippen LogP contribution in [0, 0.1) is 11.8 Å². The second-order valence-electron chi connectivity index (χ2n) is 5.93. The maximum absolute atomic E-state index is 12.2. The number of rotatable bonds is 6. The van der Waals surface area contributed by atoms with Crippen molar-refractivity contribution in [2.45, 2.75) is 38.6 Å². The minimum atomic E-state index is -0.442. The fourth-order valence-electron chi connectivity index (χ4n) is 2.46. The highest BCUT2D eigenvalue weighted by Gasteiger charge is 2.42. The van der Waals surface area contributed by atoms with Crippen LogP contribution >= 0.6 is 0 Å². The largest absolute Gasteiger partial charge is 0.394 e. The zero-order valence-electron chi connectivity index (χ0n) is 11.7. The van der Waals surface area contributed by atoms with Crippen molar-refractivity contribution in [2.24, 2.45) is 11.8 Å². The van der Waals surface area contributed by atoms with Crippen LogP contribution in [0.15, 0.2) is 30.3 Å². The summed E-state index contributed by atoms with van der Waals surface area (Å²) in [6.07, 6.45) is 2.94. The molecule has 2 unspecified atom stereocenters. The summed E-state index contributed by atoms with van der Waals surface area (Å²) in [5.74, 6) is 0.393. The average molecular weight is 261 g/mol. The van der Waals surface area contributed by atoms with Gasteiger partial charge in [-0.2, -0.15) is 0 Å². The zero-order chi connectivity index (χ0) is 13.9. The van der Waals surface area contributed by atoms with Crippen LogP contribution < -0.4 is 5.32 Å². The molecule has 1 aromatic carbocycles. The second kappa shape index (κ2) is 5.74. The van der Waals surface area contributed by atoms with Gasteiger partial charge in [-0.25, -0.2) is 0 Å². The van der Waals surface area contributed by atoms with Gasteiger partial charge in [0, 0.05) is 5.92 Å². The lowest BCUT2D eigenvalue weighted by Gasteiger charge is -2.30. The van der Waals surface area contributed by atoms with E-state index < -0.39 is 5.54 Å². The highest BCUT2D eigenvalue weighted by atomic mass is 16.3. The molecule has 0 bridgehead atoms. The van der Waals surface area contributed by atoms with Crippen molar-refractivity contribution in [3.05, 3.63) is 35.9 Å². The molecule has 3 nitrogen and oxygen atoms in total. The minimum Gasteiger partial charge on any atom is -0.394 e. The Morgan fingerprint density at radius 1 is 1.42 bits per heavy atom. The molecule has 2 atom stereocenters. The monoisotopic (exact) mass is 261 g/mol. The normalized spacial score (nSPS) is 19.5. The molecule has 3 heteroatoms. The number of aliphatic hydroxyl groups excluding tert-OH is 1. The molecular weight excluding hydrogens is 238 g/mol. The molecule has 1 aliphatic carbocycles. The molecule has 104 valence electrons. The molecule has 0 saturated heterocycles. The standard InChI is InChI=1S/C16H23NO2/c1-12(10-13-6-4-3-5-7-13)15(19)17-16(2,11-18)14-8-9-14/h3-7,12,14,18H,8-11H2,1-2H3,(H,17,19). The summed E-state index contributed by atoms with van der Waals surface area (Å²) in [4.78, 5) is 12.2. The van der Waals surface area contributed by atoms with E-state index >= 15 is 0 Å². The summed E-state index contributed by atoms with van der Waals surface area (Å²) in [6, 6.07) is 10.0. The Balaban J connectivity index is 1.92. The molecule has 1 fully saturated rings. The Labute approximate surface area is 115 Å². The Kier molecular flexibility index (Phi) is 4.25. The highest BCUT2D eigenvalue weighted by Crippen LogP contribution is 2.39. The van der Waals surface area contributed by atoms with Crippen LogP contribution in [0.4, 0.5) is 0 Å². The van der Waals surface area contributed by atoms with E-state index in [4.69, 9.17) is 0 Å². The smallest absolute Gasteiger partial charge is 0.223 e. The molecule has 0 radical (unpaired) electrons. The summed E-state index contributed by atoms with van der Waals surface area (Å²) in [5, 5.41) is 12.5. The van der Waals surface area contributed by atoms with Crippen LogP contribution in [0.25, 0.3) is 0 Å². The molecule has 0 aromatic heterocycles. The first-order valence-corrected chi connectivity index (χ1v) is 7.02. The van der Waals surface area contributed by atoms with E-state index in [1.54, 1.807) is 0 Å². The van der Waals surface area contributed by atoms with Gasteiger partial charge in [0.15, 0.2) is 0 Å². The van der Waals surface area contributed by atoms with Crippen LogP contribution in [0.2, 0.25) is 0 Å². The summed E-state index contributed by atoms with van der Waals surface area (Å²) in [7, 11) is 0. The number of amides is 1. The SMILES string of the molecule is CC(Cc1ccccc1)C(=O)NC(C)(CO)C1CC1. The predicted molar refractivity (Wildman–Crippen MR) is 75.7 cm³/mol. The van der Waals surface area contributed by atoms with E-state index in [2.05, 4.69) is 5.32 Å². The summed E-state index contributed by atoms with van der Waals surface area (Å²) >= 11 is 0. The topological polar surface area (TPSA) is 49.3 Å². The number of carbonyl (C=O) groups is 1. The van der Waals surface area contributed by atoms with Gasteiger partial charge in [-0.1, -0.05) is 37.3 Å². The highest BCUT2D eigenvalue weighted by molar-refractivity contribution is 5.79. The van der Waals surface area contributed by atoms with E-state index in [1.165, 1.54) is 5.56 Å². The van der Waals surface area contributed by atoms with Crippen molar-refractivity contribution in [2.75, 3.05) is 6.61 Å². The molecule has 2 N–H and O–H groups in total. The third kappa shape index (κ3) is 3.57. The van der Waals surface area contributed by atoms with E-state index in [-0.39, 0.29) is 18.4 Å². The van der Waals surface area contributed by atoms with Gasteiger partial charge in [-0.15, -0.1) is 0 Å². The molecule has 1 saturated carbocycles. The molecular formula is C16H23NO2. The van der Waals surface area contributed by atoms with Gasteiger partial charge < -0.3 is 10.4 Å². The molecule has 2 rings (SSSR count). The Bertz CT molecular complexity index is 428. The van der Waals surface area contributed by atoms with Gasteiger partial charge in [0.1, 0.15) is 0 Å².